The molecule has 1 aliphatic heterocycles. The molecule has 1 heterocycles. The molecule has 110 valence electrons. The average Bonchev–Trinajstić information content (AvgIpc) is 2.69. The van der Waals surface area contributed by atoms with E-state index in [0.717, 1.165) is 21.4 Å². The molecule has 20 heavy (non-hydrogen) atoms. The molecule has 0 saturated heterocycles. The van der Waals surface area contributed by atoms with E-state index in [4.69, 9.17) is 0 Å². The summed E-state index contributed by atoms with van der Waals surface area (Å²) in [4.78, 5) is 14.0. The van der Waals surface area contributed by atoms with Gasteiger partial charge >= 0.3 is 0 Å². The third-order valence-corrected chi connectivity index (χ3v) is 4.15. The summed E-state index contributed by atoms with van der Waals surface area (Å²) in [5, 5.41) is 15.1. The second-order valence-corrected chi connectivity index (χ2v) is 5.97. The largest absolute Gasteiger partial charge is 0.395 e. The fourth-order valence-electron chi connectivity index (χ4n) is 2.54. The SMILES string of the molecule is CNC1C(=O)Nc2cc(N(CCO)C(C)C)c(Br)cc21. The molecule has 2 rings (SSSR count). The van der Waals surface area contributed by atoms with E-state index >= 15 is 0 Å². The lowest BCUT2D eigenvalue weighted by molar-refractivity contribution is -0.117. The van der Waals surface area contributed by atoms with Gasteiger partial charge in [-0.3, -0.25) is 4.79 Å². The van der Waals surface area contributed by atoms with Gasteiger partial charge in [-0.25, -0.2) is 0 Å². The molecule has 0 saturated carbocycles. The molecule has 1 aromatic carbocycles. The van der Waals surface area contributed by atoms with Crippen LogP contribution >= 0.6 is 15.9 Å². The lowest BCUT2D eigenvalue weighted by atomic mass is 10.1. The number of halogens is 1. The number of carbonyl (C=O) groups is 1. The highest BCUT2D eigenvalue weighted by atomic mass is 79.9. The van der Waals surface area contributed by atoms with Crippen LogP contribution in [0.25, 0.3) is 0 Å². The van der Waals surface area contributed by atoms with Crippen molar-refractivity contribution in [1.29, 1.82) is 0 Å². The van der Waals surface area contributed by atoms with E-state index in [1.54, 1.807) is 7.05 Å². The second-order valence-electron chi connectivity index (χ2n) is 5.11. The summed E-state index contributed by atoms with van der Waals surface area (Å²) < 4.78 is 0.926. The van der Waals surface area contributed by atoms with E-state index in [0.29, 0.717) is 6.54 Å². The Hall–Kier alpha value is -1.11. The van der Waals surface area contributed by atoms with E-state index in [2.05, 4.69) is 45.3 Å². The molecule has 5 nitrogen and oxygen atoms in total. The lowest BCUT2D eigenvalue weighted by Crippen LogP contribution is -2.33. The molecule has 1 amide bonds. The van der Waals surface area contributed by atoms with E-state index in [1.165, 1.54) is 0 Å². The molecule has 0 fully saturated rings. The van der Waals surface area contributed by atoms with Gasteiger partial charge < -0.3 is 20.6 Å². The Morgan fingerprint density at radius 3 is 2.75 bits per heavy atom. The first-order valence-corrected chi connectivity index (χ1v) is 7.48. The van der Waals surface area contributed by atoms with E-state index in [-0.39, 0.29) is 24.6 Å². The number of anilines is 2. The van der Waals surface area contributed by atoms with E-state index in [9.17, 15) is 9.90 Å². The molecule has 0 aromatic heterocycles. The molecular weight excluding hydrogens is 322 g/mol. The first-order chi connectivity index (χ1) is 9.49. The predicted octanol–water partition coefficient (Wildman–Crippen LogP) is 1.87. The van der Waals surface area contributed by atoms with Gasteiger partial charge in [0.15, 0.2) is 0 Å². The maximum atomic E-state index is 11.9. The Bertz CT molecular complexity index is 519. The Balaban J connectivity index is 2.43. The highest BCUT2D eigenvalue weighted by molar-refractivity contribution is 9.10. The standard InChI is InChI=1S/C14H20BrN3O2/c1-8(2)18(4-5-19)12-7-11-9(6-10(12)15)13(16-3)14(20)17-11/h6-8,13,16,19H,4-5H2,1-3H3,(H,17,20). The fourth-order valence-corrected chi connectivity index (χ4v) is 3.13. The third kappa shape index (κ3) is 2.68. The van der Waals surface area contributed by atoms with Crippen LogP contribution in [0.3, 0.4) is 0 Å². The number of aliphatic hydroxyl groups excluding tert-OH is 1. The van der Waals surface area contributed by atoms with Crippen molar-refractivity contribution in [3.63, 3.8) is 0 Å². The van der Waals surface area contributed by atoms with Crippen LogP contribution in [0.1, 0.15) is 25.5 Å². The zero-order valence-electron chi connectivity index (χ0n) is 11.9. The van der Waals surface area contributed by atoms with Gasteiger partial charge in [0, 0.05) is 28.3 Å². The van der Waals surface area contributed by atoms with E-state index < -0.39 is 0 Å². The van der Waals surface area contributed by atoms with Crippen LogP contribution in [-0.4, -0.2) is 37.3 Å². The van der Waals surface area contributed by atoms with Crippen LogP contribution in [0.2, 0.25) is 0 Å². The molecule has 0 spiro atoms. The maximum Gasteiger partial charge on any atom is 0.246 e. The Morgan fingerprint density at radius 1 is 1.50 bits per heavy atom. The van der Waals surface area contributed by atoms with Crippen LogP contribution in [-0.2, 0) is 4.79 Å². The van der Waals surface area contributed by atoms with Crippen molar-refractivity contribution in [3.05, 3.63) is 22.2 Å². The summed E-state index contributed by atoms with van der Waals surface area (Å²) in [6.45, 7) is 4.79. The number of fused-ring (bicyclic) bond motifs is 1. The summed E-state index contributed by atoms with van der Waals surface area (Å²) in [7, 11) is 1.77. The topological polar surface area (TPSA) is 64.6 Å². The number of hydrogen-bond acceptors (Lipinski definition) is 4. The van der Waals surface area contributed by atoms with Crippen LogP contribution in [0.5, 0.6) is 0 Å². The molecule has 0 bridgehead atoms. The van der Waals surface area contributed by atoms with Gasteiger partial charge in [0.05, 0.1) is 12.3 Å². The summed E-state index contributed by atoms with van der Waals surface area (Å²) in [6, 6.07) is 3.88. The quantitative estimate of drug-likeness (QED) is 0.764. The third-order valence-electron chi connectivity index (χ3n) is 3.51. The van der Waals surface area contributed by atoms with Gasteiger partial charge in [0.25, 0.3) is 0 Å². The Morgan fingerprint density at radius 2 is 2.20 bits per heavy atom. The zero-order valence-corrected chi connectivity index (χ0v) is 13.5. The van der Waals surface area contributed by atoms with Gasteiger partial charge in [-0.2, -0.15) is 0 Å². The molecule has 0 aliphatic carbocycles. The van der Waals surface area contributed by atoms with Crippen LogP contribution < -0.4 is 15.5 Å². The van der Waals surface area contributed by atoms with Crippen molar-refractivity contribution < 1.29 is 9.90 Å². The normalized spacial score (nSPS) is 17.3. The smallest absolute Gasteiger partial charge is 0.246 e. The van der Waals surface area contributed by atoms with Gasteiger partial charge in [-0.1, -0.05) is 0 Å². The minimum absolute atomic E-state index is 0.0372. The summed E-state index contributed by atoms with van der Waals surface area (Å²) in [5.74, 6) is -0.0372. The zero-order chi connectivity index (χ0) is 14.9. The van der Waals surface area contributed by atoms with Crippen LogP contribution in [0, 0.1) is 0 Å². The monoisotopic (exact) mass is 341 g/mol. The minimum Gasteiger partial charge on any atom is -0.395 e. The van der Waals surface area contributed by atoms with Crippen molar-refractivity contribution in [3.8, 4) is 0 Å². The molecule has 1 atom stereocenters. The highest BCUT2D eigenvalue weighted by Gasteiger charge is 2.30. The highest BCUT2D eigenvalue weighted by Crippen LogP contribution is 2.39. The number of benzene rings is 1. The summed E-state index contributed by atoms with van der Waals surface area (Å²) in [5.41, 5.74) is 2.75. The van der Waals surface area contributed by atoms with Gasteiger partial charge in [-0.15, -0.1) is 0 Å². The van der Waals surface area contributed by atoms with Crippen molar-refractivity contribution in [2.75, 3.05) is 30.4 Å². The number of amides is 1. The average molecular weight is 342 g/mol. The molecular formula is C14H20BrN3O2. The van der Waals surface area contributed by atoms with Crippen molar-refractivity contribution in [1.82, 2.24) is 5.32 Å². The number of nitrogens with one attached hydrogen (secondary N) is 2. The number of carbonyl (C=O) groups excluding carboxylic acids is 1. The first-order valence-electron chi connectivity index (χ1n) is 6.68. The minimum atomic E-state index is -0.305. The second kappa shape index (κ2) is 6.11. The number of likely N-dealkylation sites (N-methyl/N-ethyl adjacent to an activating group) is 1. The van der Waals surface area contributed by atoms with Gasteiger partial charge in [0.2, 0.25) is 5.91 Å². The molecule has 1 aromatic rings. The Kier molecular flexibility index (Phi) is 4.67. The van der Waals surface area contributed by atoms with Crippen LogP contribution in [0.4, 0.5) is 11.4 Å². The number of aliphatic hydroxyl groups is 1. The number of rotatable bonds is 5. The molecule has 1 unspecified atom stereocenters. The summed E-state index contributed by atoms with van der Waals surface area (Å²) >= 11 is 3.58. The van der Waals surface area contributed by atoms with Gasteiger partial charge in [-0.05, 0) is 49.0 Å². The predicted molar refractivity (Wildman–Crippen MR) is 84.1 cm³/mol. The van der Waals surface area contributed by atoms with Gasteiger partial charge in [0.1, 0.15) is 6.04 Å². The van der Waals surface area contributed by atoms with Crippen molar-refractivity contribution in [2.24, 2.45) is 0 Å². The first kappa shape index (κ1) is 15.3. The summed E-state index contributed by atoms with van der Waals surface area (Å²) in [6.07, 6.45) is 0. The molecule has 1 aliphatic rings. The lowest BCUT2D eigenvalue weighted by Gasteiger charge is -2.29. The fraction of sp³-hybridized carbons (Fsp3) is 0.500. The van der Waals surface area contributed by atoms with Crippen LogP contribution in [0.15, 0.2) is 16.6 Å². The van der Waals surface area contributed by atoms with Crippen molar-refractivity contribution >= 4 is 33.2 Å². The number of nitrogens with zero attached hydrogens (tertiary/aromatic N) is 1. The molecule has 0 radical (unpaired) electrons. The van der Waals surface area contributed by atoms with Crippen molar-refractivity contribution in [2.45, 2.75) is 25.9 Å². The molecule has 3 N–H and O–H groups in total. The van der Waals surface area contributed by atoms with E-state index in [1.807, 2.05) is 12.1 Å². The number of hydrogen-bond donors (Lipinski definition) is 3. The maximum absolute atomic E-state index is 11.9. The molecule has 6 heteroatoms. The Labute approximate surface area is 127 Å².